The van der Waals surface area contributed by atoms with Gasteiger partial charge in [-0.25, -0.2) is 0 Å². The van der Waals surface area contributed by atoms with Gasteiger partial charge in [-0.05, 0) is 114 Å². The van der Waals surface area contributed by atoms with Gasteiger partial charge >= 0.3 is 0 Å². The molecule has 13 aromatic carbocycles. The first-order valence-electron chi connectivity index (χ1n) is 33.4. The fourth-order valence-electron chi connectivity index (χ4n) is 13.4. The minimum Gasteiger partial charge on any atom is -0.310 e. The van der Waals surface area contributed by atoms with E-state index in [1.807, 2.05) is 24.3 Å². The van der Waals surface area contributed by atoms with Crippen molar-refractivity contribution >= 4 is 79.0 Å². The molecule has 406 valence electrons. The predicted octanol–water partition coefficient (Wildman–Crippen LogP) is 20.2. The van der Waals surface area contributed by atoms with Crippen LogP contribution in [0.2, 0.25) is 0 Å². The maximum atomic E-state index is 9.70. The quantitative estimate of drug-likeness (QED) is 0.133. The zero-order chi connectivity index (χ0) is 64.4. The van der Waals surface area contributed by atoms with E-state index in [2.05, 4.69) is 267 Å². The number of rotatable bonds is 9. The van der Waals surface area contributed by atoms with E-state index in [9.17, 15) is 5.48 Å². The van der Waals surface area contributed by atoms with Crippen LogP contribution in [0, 0.1) is 0 Å². The van der Waals surface area contributed by atoms with Crippen LogP contribution in [0.25, 0.3) is 94.3 Å². The summed E-state index contributed by atoms with van der Waals surface area (Å²) >= 11 is 0. The van der Waals surface area contributed by atoms with Crippen LogP contribution in [0.4, 0.5) is 34.1 Å². The molecule has 14 aromatic rings. The van der Waals surface area contributed by atoms with Crippen LogP contribution in [0.3, 0.4) is 0 Å². The number of fused-ring (bicyclic) bond motifs is 7. The Morgan fingerprint density at radius 1 is 0.326 bits per heavy atom. The van der Waals surface area contributed by atoms with E-state index in [0.717, 1.165) is 117 Å². The van der Waals surface area contributed by atoms with Crippen molar-refractivity contribution < 1.29 is 11.0 Å². The Hall–Kier alpha value is -10.7. The average Bonchev–Trinajstić information content (AvgIpc) is 0.949. The minimum absolute atomic E-state index is 0.0147. The summed E-state index contributed by atoms with van der Waals surface area (Å²) in [5.41, 5.74) is 22.4. The Kier molecular flexibility index (Phi) is 10.3. The molecule has 0 atom stereocenters. The molecule has 0 amide bonds. The van der Waals surface area contributed by atoms with Gasteiger partial charge in [-0.3, -0.25) is 0 Å². The fraction of sp³-hybridized carbons (Fsp3) is 0.0488. The first-order valence-corrected chi connectivity index (χ1v) is 29.4. The molecule has 16 rings (SSSR count). The zero-order valence-corrected chi connectivity index (χ0v) is 47.7. The molecule has 0 saturated heterocycles. The molecule has 2 aliphatic heterocycles. The smallest absolute Gasteiger partial charge is 0.252 e. The topological polar surface area (TPSA) is 11.4 Å². The van der Waals surface area contributed by atoms with Crippen LogP contribution in [-0.2, 0) is 5.41 Å². The number of nitrogens with zero attached hydrogens (tertiary/aromatic N) is 3. The Labute approximate surface area is 515 Å². The van der Waals surface area contributed by atoms with Gasteiger partial charge in [-0.15, -0.1) is 0 Å². The lowest BCUT2D eigenvalue weighted by Gasteiger charge is -2.46. The lowest BCUT2D eigenvalue weighted by Crippen LogP contribution is -2.61. The van der Waals surface area contributed by atoms with Gasteiger partial charge in [0.15, 0.2) is 0 Å². The second-order valence-corrected chi connectivity index (χ2v) is 23.4. The number of para-hydroxylation sites is 4. The summed E-state index contributed by atoms with van der Waals surface area (Å²) in [4.78, 5) is 4.93. The summed E-state index contributed by atoms with van der Waals surface area (Å²) < 4.78 is 76.2. The van der Waals surface area contributed by atoms with E-state index in [4.69, 9.17) is 5.48 Å². The first-order chi connectivity index (χ1) is 45.7. The van der Waals surface area contributed by atoms with Crippen molar-refractivity contribution in [2.75, 3.05) is 9.80 Å². The second kappa shape index (κ2) is 20.6. The first kappa shape index (κ1) is 43.0. The van der Waals surface area contributed by atoms with Crippen molar-refractivity contribution in [2.45, 2.75) is 26.2 Å². The van der Waals surface area contributed by atoms with Gasteiger partial charge in [-0.2, -0.15) is 0 Å². The summed E-state index contributed by atoms with van der Waals surface area (Å²) in [6.07, 6.45) is 0. The Balaban J connectivity index is 1.10. The Morgan fingerprint density at radius 3 is 1.21 bits per heavy atom. The van der Waals surface area contributed by atoms with Crippen molar-refractivity contribution in [1.82, 2.24) is 4.57 Å². The molecule has 0 bridgehead atoms. The van der Waals surface area contributed by atoms with Crippen LogP contribution in [0.15, 0.2) is 309 Å². The van der Waals surface area contributed by atoms with E-state index >= 15 is 0 Å². The van der Waals surface area contributed by atoms with Crippen molar-refractivity contribution in [3.63, 3.8) is 0 Å². The average molecular weight is 1110 g/mol. The van der Waals surface area contributed by atoms with E-state index in [-0.39, 0.29) is 51.4 Å². The van der Waals surface area contributed by atoms with Gasteiger partial charge in [0.1, 0.15) is 0 Å². The van der Waals surface area contributed by atoms with Crippen LogP contribution < -0.4 is 26.2 Å². The van der Waals surface area contributed by atoms with Crippen LogP contribution >= 0.6 is 0 Å². The molecule has 0 spiro atoms. The molecule has 3 heterocycles. The van der Waals surface area contributed by atoms with Gasteiger partial charge in [0.05, 0.1) is 33.4 Å². The molecule has 3 nitrogen and oxygen atoms in total. The molecule has 0 saturated carbocycles. The highest BCUT2D eigenvalue weighted by atomic mass is 15.2. The molecular weight excluding hydrogens is 1040 g/mol. The molecule has 1 aromatic heterocycles. The molecule has 0 N–H and O–H groups in total. The van der Waals surface area contributed by atoms with Gasteiger partial charge in [-0.1, -0.05) is 288 Å². The molecule has 4 heteroatoms. The summed E-state index contributed by atoms with van der Waals surface area (Å²) in [6, 6.07) is 89.1. The molecule has 86 heavy (non-hydrogen) atoms. The van der Waals surface area contributed by atoms with E-state index in [1.165, 1.54) is 5.56 Å². The third-order valence-corrected chi connectivity index (χ3v) is 17.4. The fourth-order valence-corrected chi connectivity index (χ4v) is 13.4. The number of hydrogen-bond donors (Lipinski definition) is 0. The van der Waals surface area contributed by atoms with Crippen LogP contribution in [0.5, 0.6) is 0 Å². The van der Waals surface area contributed by atoms with Crippen molar-refractivity contribution in [3.05, 3.63) is 315 Å². The maximum Gasteiger partial charge on any atom is 0.252 e. The Morgan fingerprint density at radius 2 is 0.744 bits per heavy atom. The van der Waals surface area contributed by atoms with E-state index in [1.54, 1.807) is 4.57 Å². The lowest BCUT2D eigenvalue weighted by atomic mass is 9.33. The molecular formula is C82H60BN3. The van der Waals surface area contributed by atoms with Crippen molar-refractivity contribution in [1.29, 1.82) is 0 Å². The largest absolute Gasteiger partial charge is 0.310 e. The highest BCUT2D eigenvalue weighted by Gasteiger charge is 2.46. The normalized spacial score (nSPS) is 13.8. The van der Waals surface area contributed by atoms with Gasteiger partial charge < -0.3 is 14.4 Å². The van der Waals surface area contributed by atoms with E-state index in [0.29, 0.717) is 5.69 Å². The molecule has 0 radical (unpaired) electrons. The maximum absolute atomic E-state index is 9.70. The van der Waals surface area contributed by atoms with Crippen molar-refractivity contribution in [3.8, 4) is 72.4 Å². The lowest BCUT2D eigenvalue weighted by molar-refractivity contribution is 0.590. The molecule has 0 aliphatic carbocycles. The molecule has 2 aliphatic rings. The highest BCUT2D eigenvalue weighted by Crippen LogP contribution is 2.54. The number of anilines is 6. The Bertz CT molecular complexity index is 5190. The number of aromatic nitrogens is 1. The highest BCUT2D eigenvalue weighted by molar-refractivity contribution is 7.00. The van der Waals surface area contributed by atoms with Crippen LogP contribution in [-0.4, -0.2) is 11.3 Å². The third-order valence-electron chi connectivity index (χ3n) is 17.4. The number of hydrogen-bond acceptors (Lipinski definition) is 2. The summed E-state index contributed by atoms with van der Waals surface area (Å²) in [5, 5.41) is 0.0294. The number of benzene rings is 13. The van der Waals surface area contributed by atoms with Crippen LogP contribution in [0.1, 0.15) is 37.3 Å². The van der Waals surface area contributed by atoms with Gasteiger partial charge in [0, 0.05) is 61.5 Å². The third kappa shape index (κ3) is 8.43. The molecule has 0 unspecified atom stereocenters. The summed E-state index contributed by atoms with van der Waals surface area (Å²) in [5.74, 6) is 0. The standard InChI is InChI=1S/C82H60BN3/c1-82(2,3)63-46-43-56(44-47-63)61-45-50-75-72(51-61)83-71-49-48-64(84-73-41-21-19-35-69(73)70-36-20-22-42-74(70)84)54-76(71)86(81-67(59-31-15-7-16-32-59)39-24-40-68(81)60-33-17-8-18-34-60)78-53-62(55-25-9-4-10-26-55)52-77(79(78)83)85(75)80-65(57-27-11-5-12-28-57)37-23-38-66(80)58-29-13-6-14-30-58/h4-54H,1-3H3/i19D,20D,21D,22D,35D,36D,41D,42D. The van der Waals surface area contributed by atoms with Gasteiger partial charge in [0.25, 0.3) is 6.71 Å². The summed E-state index contributed by atoms with van der Waals surface area (Å²) in [6.45, 7) is 6.24. The zero-order valence-electron chi connectivity index (χ0n) is 55.7. The monoisotopic (exact) mass is 1110 g/mol. The minimum atomic E-state index is -0.495. The SMILES string of the molecule is [2H]c1c([2H])c([2H])c2c(c1[2H])c1c([2H])c([2H])c([2H])c([2H])c1n2-c1ccc2c(c1)N(c1c(-c3ccccc3)cccc1-c1ccccc1)c1cc(-c3ccccc3)cc3c1B2c1cc(-c2ccc(C(C)(C)C)cc2)ccc1N3c1c(-c2ccccc2)cccc1-c1ccccc1. The van der Waals surface area contributed by atoms with Crippen molar-refractivity contribution in [2.24, 2.45) is 0 Å². The summed E-state index contributed by atoms with van der Waals surface area (Å²) in [7, 11) is 0. The predicted molar refractivity (Wildman–Crippen MR) is 366 cm³/mol. The van der Waals surface area contributed by atoms with Gasteiger partial charge in [0.2, 0.25) is 0 Å². The molecule has 0 fully saturated rings. The van der Waals surface area contributed by atoms with E-state index < -0.39 is 30.9 Å². The second-order valence-electron chi connectivity index (χ2n) is 23.4.